The van der Waals surface area contributed by atoms with Crippen molar-refractivity contribution in [1.82, 2.24) is 5.32 Å². The maximum Gasteiger partial charge on any atom is 0.0536 e. The molecule has 0 saturated heterocycles. The van der Waals surface area contributed by atoms with Crippen LogP contribution in [-0.2, 0) is 0 Å². The molecular formula is C12H22N2. The molecular weight excluding hydrogens is 172 g/mol. The Labute approximate surface area is 87.6 Å². The quantitative estimate of drug-likeness (QED) is 0.660. The lowest BCUT2D eigenvalue weighted by Crippen LogP contribution is -2.14. The molecule has 80 valence electrons. The molecule has 14 heavy (non-hydrogen) atoms. The summed E-state index contributed by atoms with van der Waals surface area (Å²) in [6.07, 6.45) is 3.93. The fourth-order valence-electron chi connectivity index (χ4n) is 1.23. The average molecular weight is 194 g/mol. The summed E-state index contributed by atoms with van der Waals surface area (Å²) >= 11 is 0. The van der Waals surface area contributed by atoms with Gasteiger partial charge in [-0.25, -0.2) is 0 Å². The summed E-state index contributed by atoms with van der Waals surface area (Å²) in [6.45, 7) is 10.1. The van der Waals surface area contributed by atoms with E-state index >= 15 is 0 Å². The number of nitrogens with two attached hydrogens (primary N) is 1. The van der Waals surface area contributed by atoms with E-state index in [1.54, 1.807) is 0 Å². The lowest BCUT2D eigenvalue weighted by molar-refractivity contribution is 0.871. The topological polar surface area (TPSA) is 38.0 Å². The van der Waals surface area contributed by atoms with Gasteiger partial charge >= 0.3 is 0 Å². The van der Waals surface area contributed by atoms with Crippen LogP contribution in [0, 0.1) is 0 Å². The highest BCUT2D eigenvalue weighted by molar-refractivity contribution is 5.35. The van der Waals surface area contributed by atoms with Gasteiger partial charge < -0.3 is 11.1 Å². The molecule has 0 amide bonds. The van der Waals surface area contributed by atoms with Crippen molar-refractivity contribution < 1.29 is 0 Å². The van der Waals surface area contributed by atoms with Crippen LogP contribution in [0.15, 0.2) is 35.2 Å². The molecule has 0 aromatic heterocycles. The zero-order valence-corrected chi connectivity index (χ0v) is 9.78. The predicted molar refractivity (Wildman–Crippen MR) is 63.8 cm³/mol. The molecule has 0 unspecified atom stereocenters. The minimum atomic E-state index is 0.838. The molecule has 0 rings (SSSR count). The molecule has 2 heteroatoms. The highest BCUT2D eigenvalue weighted by Crippen LogP contribution is 2.12. The van der Waals surface area contributed by atoms with Crippen LogP contribution in [0.25, 0.3) is 0 Å². The normalized spacial score (nSPS) is 13.6. The third-order valence-corrected chi connectivity index (χ3v) is 2.28. The molecule has 0 aromatic rings. The van der Waals surface area contributed by atoms with Crippen LogP contribution in [0.1, 0.15) is 33.6 Å². The highest BCUT2D eigenvalue weighted by Gasteiger charge is 2.01. The van der Waals surface area contributed by atoms with Crippen molar-refractivity contribution in [2.75, 3.05) is 7.05 Å². The Balaban J connectivity index is 4.83. The van der Waals surface area contributed by atoms with E-state index in [1.807, 2.05) is 20.0 Å². The Morgan fingerprint density at radius 2 is 1.93 bits per heavy atom. The second-order valence-electron chi connectivity index (χ2n) is 3.33. The summed E-state index contributed by atoms with van der Waals surface area (Å²) in [6, 6.07) is 0. The molecule has 0 fully saturated rings. The molecule has 0 bridgehead atoms. The number of hydrogen-bond acceptors (Lipinski definition) is 2. The minimum Gasteiger partial charge on any atom is -0.397 e. The van der Waals surface area contributed by atoms with E-state index in [0.29, 0.717) is 0 Å². The summed E-state index contributed by atoms with van der Waals surface area (Å²) in [5.74, 6) is 0. The summed E-state index contributed by atoms with van der Waals surface area (Å²) in [7, 11) is 1.90. The number of rotatable bonds is 5. The monoisotopic (exact) mass is 194 g/mol. The largest absolute Gasteiger partial charge is 0.397 e. The zero-order valence-electron chi connectivity index (χ0n) is 9.78. The first-order valence-corrected chi connectivity index (χ1v) is 5.09. The maximum absolute atomic E-state index is 5.99. The van der Waals surface area contributed by atoms with E-state index in [4.69, 9.17) is 5.73 Å². The fourth-order valence-corrected chi connectivity index (χ4v) is 1.23. The maximum atomic E-state index is 5.99. The van der Waals surface area contributed by atoms with Gasteiger partial charge in [0.2, 0.25) is 0 Å². The van der Waals surface area contributed by atoms with Gasteiger partial charge in [0.25, 0.3) is 0 Å². The van der Waals surface area contributed by atoms with Gasteiger partial charge in [-0.2, -0.15) is 0 Å². The van der Waals surface area contributed by atoms with E-state index < -0.39 is 0 Å². The second-order valence-corrected chi connectivity index (χ2v) is 3.33. The van der Waals surface area contributed by atoms with Crippen LogP contribution in [0.4, 0.5) is 0 Å². The fraction of sp³-hybridized carbons (Fsp3) is 0.500. The van der Waals surface area contributed by atoms with Crippen molar-refractivity contribution in [3.8, 4) is 0 Å². The first-order valence-electron chi connectivity index (χ1n) is 5.09. The number of allylic oxidation sites excluding steroid dienone is 4. The van der Waals surface area contributed by atoms with Crippen molar-refractivity contribution in [2.24, 2.45) is 5.73 Å². The van der Waals surface area contributed by atoms with Gasteiger partial charge in [0.05, 0.1) is 5.70 Å². The third kappa shape index (κ3) is 3.69. The molecule has 0 aliphatic rings. The van der Waals surface area contributed by atoms with E-state index in [-0.39, 0.29) is 0 Å². The predicted octanol–water partition coefficient (Wildman–Crippen LogP) is 2.70. The van der Waals surface area contributed by atoms with Crippen LogP contribution in [0.5, 0.6) is 0 Å². The van der Waals surface area contributed by atoms with E-state index in [2.05, 4.69) is 25.7 Å². The van der Waals surface area contributed by atoms with Gasteiger partial charge in [-0.3, -0.25) is 0 Å². The van der Waals surface area contributed by atoms with Gasteiger partial charge in [-0.15, -0.1) is 0 Å². The first-order chi connectivity index (χ1) is 6.56. The van der Waals surface area contributed by atoms with Crippen LogP contribution < -0.4 is 11.1 Å². The van der Waals surface area contributed by atoms with Crippen molar-refractivity contribution in [1.29, 1.82) is 0 Å². The van der Waals surface area contributed by atoms with Crippen molar-refractivity contribution in [3.05, 3.63) is 35.2 Å². The van der Waals surface area contributed by atoms with E-state index in [9.17, 15) is 0 Å². The Hall–Kier alpha value is -1.18. The van der Waals surface area contributed by atoms with Gasteiger partial charge in [0.1, 0.15) is 0 Å². The Bertz CT molecular complexity index is 253. The molecule has 3 N–H and O–H groups in total. The Morgan fingerprint density at radius 1 is 1.36 bits per heavy atom. The molecule has 0 saturated carbocycles. The van der Waals surface area contributed by atoms with Crippen LogP contribution >= 0.6 is 0 Å². The lowest BCUT2D eigenvalue weighted by Gasteiger charge is -2.10. The van der Waals surface area contributed by atoms with Crippen molar-refractivity contribution >= 4 is 0 Å². The minimum absolute atomic E-state index is 0.838. The second kappa shape index (κ2) is 6.30. The average Bonchev–Trinajstić information content (AvgIpc) is 2.19. The van der Waals surface area contributed by atoms with Crippen LogP contribution in [0.3, 0.4) is 0 Å². The van der Waals surface area contributed by atoms with Gasteiger partial charge in [-0.1, -0.05) is 32.1 Å². The molecule has 0 atom stereocenters. The van der Waals surface area contributed by atoms with E-state index in [0.717, 1.165) is 35.4 Å². The van der Waals surface area contributed by atoms with Crippen molar-refractivity contribution in [2.45, 2.75) is 33.6 Å². The SMILES string of the molecule is C=C(/C=C(C)\C(N)=C(\CC)NC)CC. The van der Waals surface area contributed by atoms with Crippen molar-refractivity contribution in [3.63, 3.8) is 0 Å². The molecule has 2 nitrogen and oxygen atoms in total. The number of nitrogens with one attached hydrogen (secondary N) is 1. The van der Waals surface area contributed by atoms with Crippen LogP contribution in [-0.4, -0.2) is 7.05 Å². The van der Waals surface area contributed by atoms with Crippen LogP contribution in [0.2, 0.25) is 0 Å². The Morgan fingerprint density at radius 3 is 2.29 bits per heavy atom. The van der Waals surface area contributed by atoms with Gasteiger partial charge in [-0.05, 0) is 25.3 Å². The molecule has 0 aliphatic carbocycles. The highest BCUT2D eigenvalue weighted by atomic mass is 14.9. The summed E-state index contributed by atoms with van der Waals surface area (Å²) in [5.41, 5.74) is 10.1. The third-order valence-electron chi connectivity index (χ3n) is 2.28. The standard InChI is InChI=1S/C12H22N2/c1-6-9(3)8-10(4)12(13)11(7-2)14-5/h8,14H,3,6-7,13H2,1-2,4-5H3/b10-8-,12-11+. The smallest absolute Gasteiger partial charge is 0.0536 e. The van der Waals surface area contributed by atoms with E-state index in [1.165, 1.54) is 0 Å². The number of hydrogen-bond donors (Lipinski definition) is 2. The van der Waals surface area contributed by atoms with Gasteiger partial charge in [0.15, 0.2) is 0 Å². The lowest BCUT2D eigenvalue weighted by atomic mass is 10.1. The van der Waals surface area contributed by atoms with Gasteiger partial charge in [0, 0.05) is 12.7 Å². The summed E-state index contributed by atoms with van der Waals surface area (Å²) in [5, 5.41) is 3.11. The summed E-state index contributed by atoms with van der Waals surface area (Å²) in [4.78, 5) is 0. The molecule has 0 aliphatic heterocycles. The zero-order chi connectivity index (χ0) is 11.1. The molecule has 0 aromatic carbocycles. The molecule has 0 radical (unpaired) electrons. The first kappa shape index (κ1) is 12.8. The summed E-state index contributed by atoms with van der Waals surface area (Å²) < 4.78 is 0. The molecule has 0 spiro atoms. The Kier molecular flexibility index (Phi) is 5.77. The molecule has 0 heterocycles.